The lowest BCUT2D eigenvalue weighted by atomic mass is 9.81. The van der Waals surface area contributed by atoms with E-state index in [1.807, 2.05) is 65.5 Å². The maximum Gasteiger partial charge on any atom is 0.228 e. The first-order chi connectivity index (χ1) is 14.5. The van der Waals surface area contributed by atoms with E-state index in [9.17, 15) is 9.90 Å². The number of aromatic nitrogens is 2. The highest BCUT2D eigenvalue weighted by atomic mass is 16.5. The van der Waals surface area contributed by atoms with Crippen molar-refractivity contribution >= 4 is 5.91 Å². The molecule has 30 heavy (non-hydrogen) atoms. The van der Waals surface area contributed by atoms with E-state index >= 15 is 0 Å². The number of aliphatic hydroxyl groups is 1. The van der Waals surface area contributed by atoms with Gasteiger partial charge in [0.2, 0.25) is 5.91 Å². The number of aryl methyl sites for hydroxylation is 1. The van der Waals surface area contributed by atoms with Crippen molar-refractivity contribution in [2.45, 2.75) is 39.5 Å². The predicted octanol–water partition coefficient (Wildman–Crippen LogP) is 3.73. The van der Waals surface area contributed by atoms with Crippen LogP contribution in [-0.2, 0) is 17.9 Å². The molecule has 2 aromatic carbocycles. The molecule has 3 aromatic rings. The Morgan fingerprint density at radius 2 is 1.97 bits per heavy atom. The van der Waals surface area contributed by atoms with Crippen LogP contribution in [0.1, 0.15) is 37.5 Å². The third kappa shape index (κ3) is 5.70. The van der Waals surface area contributed by atoms with E-state index in [2.05, 4.69) is 10.4 Å². The fraction of sp³-hybridized carbons (Fsp3) is 0.333. The Morgan fingerprint density at radius 3 is 2.70 bits per heavy atom. The molecular weight excluding hydrogens is 378 g/mol. The second kappa shape index (κ2) is 10.1. The van der Waals surface area contributed by atoms with Gasteiger partial charge in [0.25, 0.3) is 0 Å². The monoisotopic (exact) mass is 407 g/mol. The number of ether oxygens (including phenoxy) is 1. The summed E-state index contributed by atoms with van der Waals surface area (Å²) in [5.41, 5.74) is 0.736. The SMILES string of the molecule is CC(C)(C(=O)NCCCn1cccn1)[C@@H](O)c1cccc(OCc2ccccc2)c1. The summed E-state index contributed by atoms with van der Waals surface area (Å²) in [5, 5.41) is 18.0. The smallest absolute Gasteiger partial charge is 0.228 e. The summed E-state index contributed by atoms with van der Waals surface area (Å²) in [6.07, 6.45) is 3.43. The van der Waals surface area contributed by atoms with Crippen molar-refractivity contribution in [2.24, 2.45) is 5.41 Å². The van der Waals surface area contributed by atoms with Crippen molar-refractivity contribution < 1.29 is 14.6 Å². The molecule has 6 heteroatoms. The third-order valence-corrected chi connectivity index (χ3v) is 5.10. The lowest BCUT2D eigenvalue weighted by Gasteiger charge is -2.29. The summed E-state index contributed by atoms with van der Waals surface area (Å²) in [5.74, 6) is 0.469. The highest BCUT2D eigenvalue weighted by molar-refractivity contribution is 5.82. The van der Waals surface area contributed by atoms with E-state index in [4.69, 9.17) is 4.74 Å². The first-order valence-corrected chi connectivity index (χ1v) is 10.2. The molecule has 0 bridgehead atoms. The molecule has 0 aliphatic heterocycles. The number of aliphatic hydroxyl groups excluding tert-OH is 1. The highest BCUT2D eigenvalue weighted by Crippen LogP contribution is 2.35. The molecule has 0 aliphatic carbocycles. The minimum Gasteiger partial charge on any atom is -0.489 e. The number of benzene rings is 2. The van der Waals surface area contributed by atoms with E-state index in [0.29, 0.717) is 24.5 Å². The van der Waals surface area contributed by atoms with Crippen molar-refractivity contribution in [3.63, 3.8) is 0 Å². The molecule has 0 saturated carbocycles. The standard InChI is InChI=1S/C24H29N3O3/c1-24(2,23(29)25-13-7-15-27-16-8-14-26-27)22(28)20-11-6-12-21(17-20)30-18-19-9-4-3-5-10-19/h3-6,8-12,14,16-17,22,28H,7,13,15,18H2,1-2H3,(H,25,29)/t22-/m0/s1. The van der Waals surface area contributed by atoms with Crippen LogP contribution in [0.25, 0.3) is 0 Å². The van der Waals surface area contributed by atoms with Gasteiger partial charge in [-0.05, 0) is 49.6 Å². The summed E-state index contributed by atoms with van der Waals surface area (Å²) in [6.45, 7) is 5.20. The molecule has 2 N–H and O–H groups in total. The van der Waals surface area contributed by atoms with Crippen molar-refractivity contribution in [2.75, 3.05) is 6.54 Å². The number of carbonyl (C=O) groups is 1. The fourth-order valence-electron chi connectivity index (χ4n) is 3.16. The molecular formula is C24H29N3O3. The minimum absolute atomic E-state index is 0.189. The molecule has 158 valence electrons. The number of nitrogens with one attached hydrogen (secondary N) is 1. The lowest BCUT2D eigenvalue weighted by molar-refractivity contribution is -0.135. The molecule has 1 amide bonds. The normalized spacial score (nSPS) is 12.4. The van der Waals surface area contributed by atoms with E-state index in [-0.39, 0.29) is 5.91 Å². The van der Waals surface area contributed by atoms with Crippen LogP contribution in [0, 0.1) is 5.41 Å². The Bertz CT molecular complexity index is 924. The van der Waals surface area contributed by atoms with Gasteiger partial charge in [0.15, 0.2) is 0 Å². The maximum atomic E-state index is 12.7. The van der Waals surface area contributed by atoms with Crippen LogP contribution in [-0.4, -0.2) is 27.3 Å². The highest BCUT2D eigenvalue weighted by Gasteiger charge is 2.36. The maximum absolute atomic E-state index is 12.7. The molecule has 0 radical (unpaired) electrons. The summed E-state index contributed by atoms with van der Waals surface area (Å²) in [7, 11) is 0. The van der Waals surface area contributed by atoms with Gasteiger partial charge in [-0.2, -0.15) is 5.10 Å². The van der Waals surface area contributed by atoms with Crippen molar-refractivity contribution in [1.29, 1.82) is 0 Å². The molecule has 0 saturated heterocycles. The van der Waals surface area contributed by atoms with Gasteiger partial charge in [-0.3, -0.25) is 9.48 Å². The molecule has 1 heterocycles. The Morgan fingerprint density at radius 1 is 1.17 bits per heavy atom. The third-order valence-electron chi connectivity index (χ3n) is 5.10. The van der Waals surface area contributed by atoms with Crippen LogP contribution in [0.5, 0.6) is 5.75 Å². The topological polar surface area (TPSA) is 76.4 Å². The number of amides is 1. The lowest BCUT2D eigenvalue weighted by Crippen LogP contribution is -2.41. The second-order valence-electron chi connectivity index (χ2n) is 7.85. The van der Waals surface area contributed by atoms with Gasteiger partial charge < -0.3 is 15.2 Å². The van der Waals surface area contributed by atoms with Crippen LogP contribution < -0.4 is 10.1 Å². The van der Waals surface area contributed by atoms with Gasteiger partial charge in [0, 0.05) is 25.5 Å². The van der Waals surface area contributed by atoms with Crippen LogP contribution in [0.2, 0.25) is 0 Å². The summed E-state index contributed by atoms with van der Waals surface area (Å²) in [6, 6.07) is 19.0. The van der Waals surface area contributed by atoms with Gasteiger partial charge in [-0.1, -0.05) is 42.5 Å². The van der Waals surface area contributed by atoms with E-state index in [1.54, 1.807) is 26.1 Å². The predicted molar refractivity (Wildman–Crippen MR) is 116 cm³/mol. The summed E-state index contributed by atoms with van der Waals surface area (Å²) in [4.78, 5) is 12.7. The van der Waals surface area contributed by atoms with Gasteiger partial charge >= 0.3 is 0 Å². The molecule has 0 spiro atoms. The van der Waals surface area contributed by atoms with Crippen LogP contribution >= 0.6 is 0 Å². The molecule has 1 aromatic heterocycles. The molecule has 1 atom stereocenters. The molecule has 3 rings (SSSR count). The number of carbonyl (C=O) groups excluding carboxylic acids is 1. The zero-order chi connectivity index (χ0) is 21.4. The van der Waals surface area contributed by atoms with Crippen molar-refractivity contribution in [1.82, 2.24) is 15.1 Å². The first-order valence-electron chi connectivity index (χ1n) is 10.2. The number of hydrogen-bond donors (Lipinski definition) is 2. The van der Waals surface area contributed by atoms with Gasteiger partial charge in [-0.25, -0.2) is 0 Å². The summed E-state index contributed by atoms with van der Waals surface area (Å²) >= 11 is 0. The van der Waals surface area contributed by atoms with Crippen molar-refractivity contribution in [3.05, 3.63) is 84.2 Å². The second-order valence-corrected chi connectivity index (χ2v) is 7.85. The van der Waals surface area contributed by atoms with E-state index < -0.39 is 11.5 Å². The number of rotatable bonds is 10. The zero-order valence-electron chi connectivity index (χ0n) is 17.5. The molecule has 0 fully saturated rings. The molecule has 6 nitrogen and oxygen atoms in total. The van der Waals surface area contributed by atoms with Crippen LogP contribution in [0.4, 0.5) is 0 Å². The van der Waals surface area contributed by atoms with Gasteiger partial charge in [0.05, 0.1) is 11.5 Å². The van der Waals surface area contributed by atoms with Crippen LogP contribution in [0.3, 0.4) is 0 Å². The first kappa shape index (κ1) is 21.6. The Labute approximate surface area is 177 Å². The Hall–Kier alpha value is -3.12. The van der Waals surface area contributed by atoms with Crippen LogP contribution in [0.15, 0.2) is 73.1 Å². The number of hydrogen-bond acceptors (Lipinski definition) is 4. The number of nitrogens with zero attached hydrogens (tertiary/aromatic N) is 2. The van der Waals surface area contributed by atoms with E-state index in [0.717, 1.165) is 18.5 Å². The van der Waals surface area contributed by atoms with Gasteiger partial charge in [0.1, 0.15) is 12.4 Å². The quantitative estimate of drug-likeness (QED) is 0.502. The zero-order valence-corrected chi connectivity index (χ0v) is 17.5. The molecule has 0 aliphatic rings. The minimum atomic E-state index is -0.982. The summed E-state index contributed by atoms with van der Waals surface area (Å²) < 4.78 is 7.68. The van der Waals surface area contributed by atoms with Gasteiger partial charge in [-0.15, -0.1) is 0 Å². The van der Waals surface area contributed by atoms with E-state index in [1.165, 1.54) is 0 Å². The largest absolute Gasteiger partial charge is 0.489 e. The fourth-order valence-corrected chi connectivity index (χ4v) is 3.16. The van der Waals surface area contributed by atoms with Crippen molar-refractivity contribution in [3.8, 4) is 5.75 Å². The molecule has 0 unspecified atom stereocenters. The Kier molecular flexibility index (Phi) is 7.25. The Balaban J connectivity index is 1.55. The average molecular weight is 408 g/mol. The average Bonchev–Trinajstić information content (AvgIpc) is 3.29.